The van der Waals surface area contributed by atoms with Crippen LogP contribution in [0.2, 0.25) is 0 Å². The van der Waals surface area contributed by atoms with Crippen LogP contribution in [-0.2, 0) is 9.53 Å². The lowest BCUT2D eigenvalue weighted by Crippen LogP contribution is -2.38. The lowest BCUT2D eigenvalue weighted by atomic mass is 9.93. The summed E-state index contributed by atoms with van der Waals surface area (Å²) in [6.45, 7) is 7.57. The summed E-state index contributed by atoms with van der Waals surface area (Å²) >= 11 is 6.91. The monoisotopic (exact) mass is 380 g/mol. The summed E-state index contributed by atoms with van der Waals surface area (Å²) in [6, 6.07) is 3.50. The number of H-pyrrole nitrogens is 1. The number of amides is 1. The number of ether oxygens (including phenoxy) is 1. The van der Waals surface area contributed by atoms with Crippen molar-refractivity contribution in [1.82, 2.24) is 20.1 Å². The third-order valence-electron chi connectivity index (χ3n) is 4.67. The second kappa shape index (κ2) is 7.80. The van der Waals surface area contributed by atoms with E-state index >= 15 is 0 Å². The molecule has 1 saturated heterocycles. The minimum absolute atomic E-state index is 0.0512. The zero-order valence-electron chi connectivity index (χ0n) is 14.7. The van der Waals surface area contributed by atoms with Crippen LogP contribution in [-0.4, -0.2) is 39.9 Å². The topological polar surface area (TPSA) is 71.9 Å². The molecule has 2 aromatic heterocycles. The number of nitrogens with one attached hydrogen (secondary N) is 2. The molecule has 0 spiro atoms. The van der Waals surface area contributed by atoms with Crippen molar-refractivity contribution in [2.45, 2.75) is 39.3 Å². The molecule has 2 N–H and O–H groups in total. The van der Waals surface area contributed by atoms with E-state index in [0.717, 1.165) is 17.9 Å². The Morgan fingerprint density at radius 2 is 2.36 bits per heavy atom. The second-order valence-electron chi connectivity index (χ2n) is 6.75. The van der Waals surface area contributed by atoms with E-state index < -0.39 is 6.04 Å². The fourth-order valence-electron chi connectivity index (χ4n) is 3.35. The van der Waals surface area contributed by atoms with E-state index in [1.54, 1.807) is 15.9 Å². The molecule has 0 unspecified atom stereocenters. The Morgan fingerprint density at radius 1 is 1.56 bits per heavy atom. The van der Waals surface area contributed by atoms with Gasteiger partial charge >= 0.3 is 0 Å². The van der Waals surface area contributed by atoms with Crippen LogP contribution in [0.15, 0.2) is 17.5 Å². The predicted octanol–water partition coefficient (Wildman–Crippen LogP) is 3.41. The smallest absolute Gasteiger partial charge is 0.242 e. The summed E-state index contributed by atoms with van der Waals surface area (Å²) in [6.07, 6.45) is 1.21. The van der Waals surface area contributed by atoms with Crippen LogP contribution in [0.25, 0.3) is 10.7 Å². The summed E-state index contributed by atoms with van der Waals surface area (Å²) in [7, 11) is 0. The summed E-state index contributed by atoms with van der Waals surface area (Å²) in [5, 5.41) is 12.1. The molecule has 3 rings (SSSR count). The van der Waals surface area contributed by atoms with Gasteiger partial charge in [-0.25, -0.2) is 0 Å². The third-order valence-corrected chi connectivity index (χ3v) is 5.83. The molecule has 1 aliphatic heterocycles. The van der Waals surface area contributed by atoms with Crippen LogP contribution in [0.5, 0.6) is 0 Å². The largest absolute Gasteiger partial charge is 0.378 e. The molecule has 0 aliphatic carbocycles. The number of thiophene rings is 1. The molecular weight excluding hydrogens is 356 g/mol. The van der Waals surface area contributed by atoms with Crippen molar-refractivity contribution in [2.75, 3.05) is 13.2 Å². The molecule has 6 nitrogen and oxygen atoms in total. The standard InChI is InChI=1S/C17H24N4O2S2/c1-10(2)14-12(6-7-23-14)9-18-16(22)11(3)21-15(19-20-17(21)24)13-5-4-8-25-13/h4-5,8,10-12,14H,6-7,9H2,1-3H3,(H,18,22)(H,20,24)/t11-,12-,14-/m0/s1. The molecule has 0 aromatic carbocycles. The third kappa shape index (κ3) is 3.86. The first-order valence-electron chi connectivity index (χ1n) is 8.59. The Hall–Kier alpha value is -1.51. The van der Waals surface area contributed by atoms with E-state index in [1.165, 1.54) is 0 Å². The molecular formula is C17H24N4O2S2. The zero-order chi connectivity index (χ0) is 18.0. The van der Waals surface area contributed by atoms with Gasteiger partial charge in [0.2, 0.25) is 5.91 Å². The first-order chi connectivity index (χ1) is 12.0. The van der Waals surface area contributed by atoms with Crippen molar-refractivity contribution >= 4 is 29.5 Å². The maximum Gasteiger partial charge on any atom is 0.242 e. The Bertz CT molecular complexity index is 766. The average molecular weight is 381 g/mol. The van der Waals surface area contributed by atoms with Crippen molar-refractivity contribution in [2.24, 2.45) is 11.8 Å². The highest BCUT2D eigenvalue weighted by Crippen LogP contribution is 2.27. The van der Waals surface area contributed by atoms with Crippen LogP contribution in [0.1, 0.15) is 33.2 Å². The van der Waals surface area contributed by atoms with Gasteiger partial charge in [0.05, 0.1) is 11.0 Å². The Balaban J connectivity index is 1.69. The highest BCUT2D eigenvalue weighted by molar-refractivity contribution is 7.71. The summed E-state index contributed by atoms with van der Waals surface area (Å²) in [5.41, 5.74) is 0. The molecule has 136 valence electrons. The number of aromatic amines is 1. The molecule has 0 radical (unpaired) electrons. The first-order valence-corrected chi connectivity index (χ1v) is 9.88. The van der Waals surface area contributed by atoms with Crippen LogP contribution in [0, 0.1) is 16.6 Å². The van der Waals surface area contributed by atoms with E-state index in [1.807, 2.05) is 24.4 Å². The van der Waals surface area contributed by atoms with Crippen molar-refractivity contribution in [3.8, 4) is 10.7 Å². The van der Waals surface area contributed by atoms with Crippen LogP contribution in [0.4, 0.5) is 0 Å². The first kappa shape index (κ1) is 18.3. The number of carbonyl (C=O) groups is 1. The SMILES string of the molecule is CC(C)[C@@H]1OCC[C@H]1CNC(=O)[C@H](C)n1c(-c2cccs2)n[nH]c1=S. The van der Waals surface area contributed by atoms with Crippen LogP contribution >= 0.6 is 23.6 Å². The lowest BCUT2D eigenvalue weighted by molar-refractivity contribution is -0.124. The van der Waals surface area contributed by atoms with Gasteiger partial charge in [0.1, 0.15) is 6.04 Å². The molecule has 2 aromatic rings. The second-order valence-corrected chi connectivity index (χ2v) is 8.08. The Morgan fingerprint density at radius 3 is 3.04 bits per heavy atom. The van der Waals surface area contributed by atoms with Crippen molar-refractivity contribution in [3.05, 3.63) is 22.3 Å². The zero-order valence-corrected chi connectivity index (χ0v) is 16.3. The normalized spacial score (nSPS) is 21.6. The molecule has 0 saturated carbocycles. The Kier molecular flexibility index (Phi) is 5.71. The lowest BCUT2D eigenvalue weighted by Gasteiger charge is -2.23. The van der Waals surface area contributed by atoms with E-state index in [0.29, 0.717) is 29.0 Å². The molecule has 3 atom stereocenters. The van der Waals surface area contributed by atoms with Crippen LogP contribution in [0.3, 0.4) is 0 Å². The van der Waals surface area contributed by atoms with Gasteiger partial charge in [-0.1, -0.05) is 19.9 Å². The van der Waals surface area contributed by atoms with Crippen LogP contribution < -0.4 is 5.32 Å². The number of hydrogen-bond acceptors (Lipinski definition) is 5. The predicted molar refractivity (Wildman–Crippen MR) is 101 cm³/mol. The molecule has 3 heterocycles. The highest BCUT2D eigenvalue weighted by Gasteiger charge is 2.31. The minimum Gasteiger partial charge on any atom is -0.378 e. The quantitative estimate of drug-likeness (QED) is 0.754. The fourth-order valence-corrected chi connectivity index (χ4v) is 4.35. The van der Waals surface area contributed by atoms with Crippen molar-refractivity contribution in [1.29, 1.82) is 0 Å². The van der Waals surface area contributed by atoms with E-state index in [4.69, 9.17) is 17.0 Å². The number of aromatic nitrogens is 3. The molecule has 8 heteroatoms. The fraction of sp³-hybridized carbons (Fsp3) is 0.588. The summed E-state index contributed by atoms with van der Waals surface area (Å²) in [4.78, 5) is 13.7. The van der Waals surface area contributed by atoms with Crippen molar-refractivity contribution < 1.29 is 9.53 Å². The molecule has 1 amide bonds. The molecule has 1 fully saturated rings. The summed E-state index contributed by atoms with van der Waals surface area (Å²) in [5.74, 6) is 1.47. The summed E-state index contributed by atoms with van der Waals surface area (Å²) < 4.78 is 8.03. The van der Waals surface area contributed by atoms with Gasteiger partial charge in [-0.2, -0.15) is 5.10 Å². The number of rotatable bonds is 6. The average Bonchev–Trinajstić information content (AvgIpc) is 3.31. The maximum absolute atomic E-state index is 12.7. The van der Waals surface area contributed by atoms with Gasteiger partial charge in [-0.3, -0.25) is 14.5 Å². The van der Waals surface area contributed by atoms with Gasteiger partial charge in [-0.05, 0) is 42.9 Å². The van der Waals surface area contributed by atoms with Gasteiger partial charge in [0, 0.05) is 19.1 Å². The van der Waals surface area contributed by atoms with E-state index in [9.17, 15) is 4.79 Å². The van der Waals surface area contributed by atoms with E-state index in [-0.39, 0.29) is 12.0 Å². The minimum atomic E-state index is -0.428. The Labute approximate surface area is 156 Å². The maximum atomic E-state index is 12.7. The number of hydrogen-bond donors (Lipinski definition) is 2. The van der Waals surface area contributed by atoms with Gasteiger partial charge in [0.15, 0.2) is 10.6 Å². The van der Waals surface area contributed by atoms with Crippen molar-refractivity contribution in [3.63, 3.8) is 0 Å². The van der Waals surface area contributed by atoms with Gasteiger partial charge in [-0.15, -0.1) is 11.3 Å². The van der Waals surface area contributed by atoms with E-state index in [2.05, 4.69) is 29.4 Å². The molecule has 1 aliphatic rings. The number of carbonyl (C=O) groups excluding carboxylic acids is 1. The highest BCUT2D eigenvalue weighted by atomic mass is 32.1. The van der Waals surface area contributed by atoms with Gasteiger partial charge < -0.3 is 10.1 Å². The molecule has 0 bridgehead atoms. The number of nitrogens with zero attached hydrogens (tertiary/aromatic N) is 2. The van der Waals surface area contributed by atoms with Gasteiger partial charge in [0.25, 0.3) is 0 Å². The molecule has 25 heavy (non-hydrogen) atoms.